The van der Waals surface area contributed by atoms with E-state index in [0.29, 0.717) is 30.4 Å². The number of rotatable bonds is 5. The maximum atomic E-state index is 12.1. The summed E-state index contributed by atoms with van der Waals surface area (Å²) in [5.74, 6) is 0.0659. The number of halogens is 1. The largest absolute Gasteiger partial charge is 0.496 e. The Balaban J connectivity index is 2.22. The molecule has 0 saturated carbocycles. The van der Waals surface area contributed by atoms with E-state index in [0.717, 1.165) is 5.56 Å². The fourth-order valence-corrected chi connectivity index (χ4v) is 2.73. The van der Waals surface area contributed by atoms with Crippen LogP contribution in [0.4, 0.5) is 0 Å². The first-order valence-electron chi connectivity index (χ1n) is 6.96. The normalized spacial score (nSPS) is 18.7. The third kappa shape index (κ3) is 3.69. The molecule has 1 unspecified atom stereocenters. The van der Waals surface area contributed by atoms with Gasteiger partial charge in [0, 0.05) is 30.2 Å². The van der Waals surface area contributed by atoms with Crippen molar-refractivity contribution in [2.24, 2.45) is 0 Å². The Morgan fingerprint density at radius 3 is 2.91 bits per heavy atom. The molecule has 0 aliphatic carbocycles. The SMILES string of the molecule is COC(=O)CC1C(=O)NCCN1Cc1c(Cl)cccc1OC. The van der Waals surface area contributed by atoms with Gasteiger partial charge in [0.1, 0.15) is 11.8 Å². The van der Waals surface area contributed by atoms with Crippen LogP contribution >= 0.6 is 11.6 Å². The number of amides is 1. The molecular weight excluding hydrogens is 308 g/mol. The average Bonchev–Trinajstić information content (AvgIpc) is 2.52. The molecule has 7 heteroatoms. The highest BCUT2D eigenvalue weighted by molar-refractivity contribution is 6.31. The van der Waals surface area contributed by atoms with Gasteiger partial charge in [0.2, 0.25) is 5.91 Å². The van der Waals surface area contributed by atoms with Crippen LogP contribution in [0.1, 0.15) is 12.0 Å². The summed E-state index contributed by atoms with van der Waals surface area (Å²) in [5, 5.41) is 3.34. The van der Waals surface area contributed by atoms with Crippen molar-refractivity contribution >= 4 is 23.5 Å². The van der Waals surface area contributed by atoms with E-state index in [-0.39, 0.29) is 12.3 Å². The van der Waals surface area contributed by atoms with Gasteiger partial charge in [-0.15, -0.1) is 0 Å². The number of nitrogens with one attached hydrogen (secondary N) is 1. The minimum atomic E-state index is -0.567. The Bertz CT molecular complexity index is 564. The number of hydrogen-bond donors (Lipinski definition) is 1. The molecule has 1 aliphatic rings. The molecule has 1 heterocycles. The number of methoxy groups -OCH3 is 2. The lowest BCUT2D eigenvalue weighted by atomic mass is 10.1. The zero-order valence-electron chi connectivity index (χ0n) is 12.6. The summed E-state index contributed by atoms with van der Waals surface area (Å²) in [5.41, 5.74) is 0.802. The predicted octanol–water partition coefficient (Wildman–Crippen LogP) is 1.21. The van der Waals surface area contributed by atoms with Crippen LogP contribution in [0.3, 0.4) is 0 Å². The van der Waals surface area contributed by atoms with Gasteiger partial charge in [-0.1, -0.05) is 17.7 Å². The number of nitrogens with zero attached hydrogens (tertiary/aromatic N) is 1. The molecule has 0 aromatic heterocycles. The lowest BCUT2D eigenvalue weighted by Crippen LogP contribution is -2.55. The number of carbonyl (C=O) groups excluding carboxylic acids is 2. The summed E-state index contributed by atoms with van der Waals surface area (Å²) in [4.78, 5) is 25.5. The van der Waals surface area contributed by atoms with E-state index < -0.39 is 12.0 Å². The molecule has 1 aromatic carbocycles. The van der Waals surface area contributed by atoms with Crippen LogP contribution in [0.25, 0.3) is 0 Å². The molecule has 0 spiro atoms. The second kappa shape index (κ2) is 7.47. The van der Waals surface area contributed by atoms with Crippen LogP contribution in [-0.4, -0.2) is 50.1 Å². The molecule has 1 fully saturated rings. The third-order valence-electron chi connectivity index (χ3n) is 3.69. The van der Waals surface area contributed by atoms with Gasteiger partial charge in [0.05, 0.1) is 20.6 Å². The Kier molecular flexibility index (Phi) is 5.63. The molecule has 1 aromatic rings. The van der Waals surface area contributed by atoms with Crippen LogP contribution < -0.4 is 10.1 Å². The van der Waals surface area contributed by atoms with Gasteiger partial charge in [-0.3, -0.25) is 14.5 Å². The molecular formula is C15H19ClN2O4. The van der Waals surface area contributed by atoms with Crippen molar-refractivity contribution in [3.63, 3.8) is 0 Å². The molecule has 1 aliphatic heterocycles. The Morgan fingerprint density at radius 1 is 1.45 bits per heavy atom. The molecule has 0 bridgehead atoms. The third-order valence-corrected chi connectivity index (χ3v) is 4.04. The fourth-order valence-electron chi connectivity index (χ4n) is 2.50. The van der Waals surface area contributed by atoms with Crippen molar-refractivity contribution in [3.05, 3.63) is 28.8 Å². The van der Waals surface area contributed by atoms with E-state index in [1.54, 1.807) is 19.2 Å². The molecule has 22 heavy (non-hydrogen) atoms. The van der Waals surface area contributed by atoms with Gasteiger partial charge in [-0.2, -0.15) is 0 Å². The van der Waals surface area contributed by atoms with Gasteiger partial charge >= 0.3 is 5.97 Å². The number of benzene rings is 1. The molecule has 2 rings (SSSR count). The maximum absolute atomic E-state index is 12.1. The predicted molar refractivity (Wildman–Crippen MR) is 81.8 cm³/mol. The van der Waals surface area contributed by atoms with Crippen LogP contribution in [-0.2, 0) is 20.9 Å². The molecule has 1 N–H and O–H groups in total. The minimum Gasteiger partial charge on any atom is -0.496 e. The van der Waals surface area contributed by atoms with E-state index in [4.69, 9.17) is 16.3 Å². The molecule has 1 saturated heterocycles. The van der Waals surface area contributed by atoms with E-state index >= 15 is 0 Å². The number of carbonyl (C=O) groups is 2. The smallest absolute Gasteiger partial charge is 0.307 e. The van der Waals surface area contributed by atoms with Crippen LogP contribution in [0.15, 0.2) is 18.2 Å². The highest BCUT2D eigenvalue weighted by Crippen LogP contribution is 2.28. The van der Waals surface area contributed by atoms with E-state index in [2.05, 4.69) is 10.1 Å². The van der Waals surface area contributed by atoms with Crippen molar-refractivity contribution in [1.82, 2.24) is 10.2 Å². The van der Waals surface area contributed by atoms with Crippen LogP contribution in [0.2, 0.25) is 5.02 Å². The second-order valence-electron chi connectivity index (χ2n) is 4.98. The van der Waals surface area contributed by atoms with E-state index in [1.165, 1.54) is 7.11 Å². The van der Waals surface area contributed by atoms with Crippen molar-refractivity contribution in [1.29, 1.82) is 0 Å². The first-order chi connectivity index (χ1) is 10.6. The summed E-state index contributed by atoms with van der Waals surface area (Å²) in [7, 11) is 2.88. The van der Waals surface area contributed by atoms with Gasteiger partial charge in [-0.05, 0) is 12.1 Å². The number of hydrogen-bond acceptors (Lipinski definition) is 5. The number of ether oxygens (including phenoxy) is 2. The molecule has 6 nitrogen and oxygen atoms in total. The molecule has 1 amide bonds. The van der Waals surface area contributed by atoms with Crippen molar-refractivity contribution in [2.75, 3.05) is 27.3 Å². The minimum absolute atomic E-state index is 0.00903. The van der Waals surface area contributed by atoms with Gasteiger partial charge in [-0.25, -0.2) is 0 Å². The number of piperazine rings is 1. The zero-order chi connectivity index (χ0) is 16.1. The topological polar surface area (TPSA) is 67.9 Å². The first kappa shape index (κ1) is 16.6. The summed E-state index contributed by atoms with van der Waals surface area (Å²) >= 11 is 6.25. The zero-order valence-corrected chi connectivity index (χ0v) is 13.4. The van der Waals surface area contributed by atoms with E-state index in [9.17, 15) is 9.59 Å². The second-order valence-corrected chi connectivity index (χ2v) is 5.39. The summed E-state index contributed by atoms with van der Waals surface area (Å²) in [6.45, 7) is 1.59. The molecule has 0 radical (unpaired) electrons. The first-order valence-corrected chi connectivity index (χ1v) is 7.34. The Hall–Kier alpha value is -1.79. The van der Waals surface area contributed by atoms with Gasteiger partial charge in [0.25, 0.3) is 0 Å². The highest BCUT2D eigenvalue weighted by Gasteiger charge is 2.32. The fraction of sp³-hybridized carbons (Fsp3) is 0.467. The quantitative estimate of drug-likeness (QED) is 0.824. The standard InChI is InChI=1S/C15H19ClN2O4/c1-21-13-5-3-4-11(16)10(13)9-18-7-6-17-15(20)12(18)8-14(19)22-2/h3-5,12H,6-9H2,1-2H3,(H,17,20). The summed E-state index contributed by atoms with van der Waals surface area (Å²) < 4.78 is 10.0. The van der Waals surface area contributed by atoms with Gasteiger partial charge in [0.15, 0.2) is 0 Å². The molecule has 120 valence electrons. The van der Waals surface area contributed by atoms with Crippen LogP contribution in [0.5, 0.6) is 5.75 Å². The summed E-state index contributed by atoms with van der Waals surface area (Å²) in [6, 6.07) is 4.83. The Morgan fingerprint density at radius 2 is 2.23 bits per heavy atom. The van der Waals surface area contributed by atoms with Crippen molar-refractivity contribution in [2.45, 2.75) is 19.0 Å². The lowest BCUT2D eigenvalue weighted by molar-refractivity contribution is -0.146. The van der Waals surface area contributed by atoms with Gasteiger partial charge < -0.3 is 14.8 Å². The number of esters is 1. The van der Waals surface area contributed by atoms with Crippen LogP contribution in [0, 0.1) is 0 Å². The van der Waals surface area contributed by atoms with Crippen molar-refractivity contribution < 1.29 is 19.1 Å². The lowest BCUT2D eigenvalue weighted by Gasteiger charge is -2.34. The van der Waals surface area contributed by atoms with E-state index in [1.807, 2.05) is 11.0 Å². The highest BCUT2D eigenvalue weighted by atomic mass is 35.5. The Labute approximate surface area is 134 Å². The van der Waals surface area contributed by atoms with Crippen molar-refractivity contribution in [3.8, 4) is 5.75 Å². The maximum Gasteiger partial charge on any atom is 0.307 e. The average molecular weight is 327 g/mol. The summed E-state index contributed by atoms with van der Waals surface area (Å²) in [6.07, 6.45) is 0.00903. The monoisotopic (exact) mass is 326 g/mol. The molecule has 1 atom stereocenters.